The van der Waals surface area contributed by atoms with Crippen LogP contribution in [0.15, 0.2) is 54.6 Å². The lowest BCUT2D eigenvalue weighted by Crippen LogP contribution is -2.20. The van der Waals surface area contributed by atoms with Gasteiger partial charge in [-0.05, 0) is 43.7 Å². The molecule has 0 aromatic heterocycles. The molecule has 0 saturated carbocycles. The van der Waals surface area contributed by atoms with Crippen molar-refractivity contribution in [1.29, 1.82) is 0 Å². The lowest BCUT2D eigenvalue weighted by Gasteiger charge is -2.10. The van der Waals surface area contributed by atoms with Crippen LogP contribution in [0.1, 0.15) is 19.4 Å². The van der Waals surface area contributed by atoms with Crippen LogP contribution in [-0.4, -0.2) is 19.3 Å². The van der Waals surface area contributed by atoms with Crippen molar-refractivity contribution in [3.63, 3.8) is 0 Å². The second-order valence-electron chi connectivity index (χ2n) is 5.16. The minimum Gasteiger partial charge on any atom is -0.457 e. The molecule has 2 aromatic carbocycles. The smallest absolute Gasteiger partial charge is 0.127 e. The van der Waals surface area contributed by atoms with E-state index >= 15 is 0 Å². The molecule has 0 amide bonds. The molecule has 1 N–H and O–H groups in total. The first-order valence-corrected chi connectivity index (χ1v) is 7.38. The van der Waals surface area contributed by atoms with Crippen molar-refractivity contribution < 1.29 is 9.47 Å². The molecule has 112 valence electrons. The van der Waals surface area contributed by atoms with Gasteiger partial charge in [0.1, 0.15) is 11.5 Å². The SMILES string of the molecule is CC(C)OCCNCc1cccc(Oc2ccccc2)c1. The van der Waals surface area contributed by atoms with Gasteiger partial charge in [-0.1, -0.05) is 30.3 Å². The van der Waals surface area contributed by atoms with Gasteiger partial charge >= 0.3 is 0 Å². The molecule has 3 nitrogen and oxygen atoms in total. The van der Waals surface area contributed by atoms with Gasteiger partial charge in [0.05, 0.1) is 12.7 Å². The Hall–Kier alpha value is -1.84. The Morgan fingerprint density at radius 1 is 0.952 bits per heavy atom. The van der Waals surface area contributed by atoms with Gasteiger partial charge in [0.25, 0.3) is 0 Å². The second kappa shape index (κ2) is 8.45. The molecule has 0 aliphatic heterocycles. The maximum Gasteiger partial charge on any atom is 0.127 e. The third-order valence-electron chi connectivity index (χ3n) is 2.94. The van der Waals surface area contributed by atoms with Crippen molar-refractivity contribution in [1.82, 2.24) is 5.32 Å². The highest BCUT2D eigenvalue weighted by molar-refractivity contribution is 5.33. The highest BCUT2D eigenvalue weighted by Gasteiger charge is 1.99. The zero-order chi connectivity index (χ0) is 14.9. The molecule has 0 spiro atoms. The minimum absolute atomic E-state index is 0.286. The van der Waals surface area contributed by atoms with Crippen molar-refractivity contribution in [2.75, 3.05) is 13.2 Å². The Morgan fingerprint density at radius 3 is 2.48 bits per heavy atom. The van der Waals surface area contributed by atoms with Crippen molar-refractivity contribution in [2.45, 2.75) is 26.5 Å². The number of ether oxygens (including phenoxy) is 2. The van der Waals surface area contributed by atoms with Crippen LogP contribution in [0.3, 0.4) is 0 Å². The predicted octanol–water partition coefficient (Wildman–Crippen LogP) is 3.99. The van der Waals surface area contributed by atoms with E-state index in [0.717, 1.165) is 31.2 Å². The standard InChI is InChI=1S/C18H23NO2/c1-15(2)20-12-11-19-14-16-7-6-10-18(13-16)21-17-8-4-3-5-9-17/h3-10,13,15,19H,11-12,14H2,1-2H3. The van der Waals surface area contributed by atoms with Gasteiger partial charge in [0.15, 0.2) is 0 Å². The Kier molecular flexibility index (Phi) is 6.25. The van der Waals surface area contributed by atoms with E-state index in [-0.39, 0.29) is 6.10 Å². The third kappa shape index (κ3) is 5.98. The number of para-hydroxylation sites is 1. The quantitative estimate of drug-likeness (QED) is 0.744. The summed E-state index contributed by atoms with van der Waals surface area (Å²) >= 11 is 0. The molecular weight excluding hydrogens is 262 g/mol. The molecule has 0 radical (unpaired) electrons. The first-order valence-electron chi connectivity index (χ1n) is 7.38. The molecule has 0 saturated heterocycles. The lowest BCUT2D eigenvalue weighted by atomic mass is 10.2. The summed E-state index contributed by atoms with van der Waals surface area (Å²) in [6.07, 6.45) is 0.286. The van der Waals surface area contributed by atoms with E-state index in [1.165, 1.54) is 5.56 Å². The zero-order valence-electron chi connectivity index (χ0n) is 12.7. The molecule has 0 atom stereocenters. The van der Waals surface area contributed by atoms with Crippen LogP contribution in [0.2, 0.25) is 0 Å². The van der Waals surface area contributed by atoms with Gasteiger partial charge in [-0.3, -0.25) is 0 Å². The van der Waals surface area contributed by atoms with E-state index in [4.69, 9.17) is 9.47 Å². The van der Waals surface area contributed by atoms with Gasteiger partial charge in [-0.25, -0.2) is 0 Å². The summed E-state index contributed by atoms with van der Waals surface area (Å²) in [6.45, 7) is 6.49. The average Bonchev–Trinajstić information content (AvgIpc) is 2.48. The van der Waals surface area contributed by atoms with Crippen LogP contribution in [0.25, 0.3) is 0 Å². The van der Waals surface area contributed by atoms with Gasteiger partial charge in [-0.2, -0.15) is 0 Å². The summed E-state index contributed by atoms with van der Waals surface area (Å²) < 4.78 is 11.3. The van der Waals surface area contributed by atoms with Crippen LogP contribution in [0.4, 0.5) is 0 Å². The number of hydrogen-bond donors (Lipinski definition) is 1. The summed E-state index contributed by atoms with van der Waals surface area (Å²) in [6, 6.07) is 18.0. The van der Waals surface area contributed by atoms with Crippen molar-refractivity contribution in [2.24, 2.45) is 0 Å². The van der Waals surface area contributed by atoms with E-state index in [0.29, 0.717) is 0 Å². The van der Waals surface area contributed by atoms with Crippen molar-refractivity contribution in [3.05, 3.63) is 60.2 Å². The molecular formula is C18H23NO2. The number of hydrogen-bond acceptors (Lipinski definition) is 3. The molecule has 3 heteroatoms. The highest BCUT2D eigenvalue weighted by atomic mass is 16.5. The molecule has 0 unspecified atom stereocenters. The maximum atomic E-state index is 5.83. The number of nitrogens with one attached hydrogen (secondary N) is 1. The van der Waals surface area contributed by atoms with E-state index in [1.807, 2.05) is 56.3 Å². The lowest BCUT2D eigenvalue weighted by molar-refractivity contribution is 0.0807. The van der Waals surface area contributed by atoms with E-state index < -0.39 is 0 Å². The predicted molar refractivity (Wildman–Crippen MR) is 85.8 cm³/mol. The summed E-state index contributed by atoms with van der Waals surface area (Å²) in [5.41, 5.74) is 1.20. The van der Waals surface area contributed by atoms with Crippen LogP contribution in [0.5, 0.6) is 11.5 Å². The van der Waals surface area contributed by atoms with Gasteiger partial charge < -0.3 is 14.8 Å². The molecule has 2 rings (SSSR count). The summed E-state index contributed by atoms with van der Waals surface area (Å²) in [7, 11) is 0. The number of rotatable bonds is 8. The average molecular weight is 285 g/mol. The summed E-state index contributed by atoms with van der Waals surface area (Å²) in [5.74, 6) is 1.71. The molecule has 0 aliphatic rings. The van der Waals surface area contributed by atoms with Crippen molar-refractivity contribution in [3.8, 4) is 11.5 Å². The van der Waals surface area contributed by atoms with Gasteiger partial charge in [0, 0.05) is 13.1 Å². The Balaban J connectivity index is 1.81. The fraction of sp³-hybridized carbons (Fsp3) is 0.333. The second-order valence-corrected chi connectivity index (χ2v) is 5.16. The van der Waals surface area contributed by atoms with Crippen molar-refractivity contribution >= 4 is 0 Å². The Bertz CT molecular complexity index is 526. The Labute approximate surface area is 126 Å². The van der Waals surface area contributed by atoms with E-state index in [1.54, 1.807) is 0 Å². The summed E-state index contributed by atoms with van der Waals surface area (Å²) in [5, 5.41) is 3.37. The molecule has 21 heavy (non-hydrogen) atoms. The maximum absolute atomic E-state index is 5.83. The zero-order valence-corrected chi connectivity index (χ0v) is 12.7. The van der Waals surface area contributed by atoms with Crippen LogP contribution in [0, 0.1) is 0 Å². The summed E-state index contributed by atoms with van der Waals surface area (Å²) in [4.78, 5) is 0. The molecule has 0 bridgehead atoms. The first-order chi connectivity index (χ1) is 10.2. The van der Waals surface area contributed by atoms with Gasteiger partial charge in [-0.15, -0.1) is 0 Å². The minimum atomic E-state index is 0.286. The van der Waals surface area contributed by atoms with Crippen LogP contribution < -0.4 is 10.1 Å². The number of benzene rings is 2. The molecule has 2 aromatic rings. The van der Waals surface area contributed by atoms with Gasteiger partial charge in [0.2, 0.25) is 0 Å². The van der Waals surface area contributed by atoms with E-state index in [9.17, 15) is 0 Å². The largest absolute Gasteiger partial charge is 0.457 e. The molecule has 0 aliphatic carbocycles. The molecule has 0 fully saturated rings. The third-order valence-corrected chi connectivity index (χ3v) is 2.94. The fourth-order valence-electron chi connectivity index (χ4n) is 1.94. The first kappa shape index (κ1) is 15.5. The van der Waals surface area contributed by atoms with Crippen LogP contribution >= 0.6 is 0 Å². The Morgan fingerprint density at radius 2 is 1.71 bits per heavy atom. The molecule has 0 heterocycles. The monoisotopic (exact) mass is 285 g/mol. The van der Waals surface area contributed by atoms with E-state index in [2.05, 4.69) is 17.4 Å². The normalized spacial score (nSPS) is 10.8. The fourth-order valence-corrected chi connectivity index (χ4v) is 1.94. The topological polar surface area (TPSA) is 30.5 Å². The van der Waals surface area contributed by atoms with Crippen LogP contribution in [-0.2, 0) is 11.3 Å². The highest BCUT2D eigenvalue weighted by Crippen LogP contribution is 2.21.